The lowest BCUT2D eigenvalue weighted by Gasteiger charge is -1.96. The third kappa shape index (κ3) is 2.82. The summed E-state index contributed by atoms with van der Waals surface area (Å²) in [6.07, 6.45) is 4.60. The Morgan fingerprint density at radius 2 is 2.18 bits per heavy atom. The van der Waals surface area contributed by atoms with Crippen LogP contribution in [0.15, 0.2) is 12.4 Å². The Kier molecular flexibility index (Phi) is 3.26. The van der Waals surface area contributed by atoms with Gasteiger partial charge in [-0.1, -0.05) is 11.6 Å². The zero-order valence-electron chi connectivity index (χ0n) is 6.00. The summed E-state index contributed by atoms with van der Waals surface area (Å²) in [4.78, 5) is 7.86. The molecule has 1 aromatic heterocycles. The topological polar surface area (TPSA) is 46.0 Å². The lowest BCUT2D eigenvalue weighted by atomic mass is 10.2. The van der Waals surface area contributed by atoms with Gasteiger partial charge >= 0.3 is 0 Å². The molecular weight excluding hydrogens is 164 g/mol. The van der Waals surface area contributed by atoms with Crippen LogP contribution in [0.25, 0.3) is 0 Å². The summed E-state index contributed by atoms with van der Waals surface area (Å²) in [6, 6.07) is 0. The van der Waals surface area contributed by atoms with Crippen molar-refractivity contribution in [2.24, 2.45) is 0 Å². The van der Waals surface area contributed by atoms with Crippen molar-refractivity contribution in [2.45, 2.75) is 12.8 Å². The highest BCUT2D eigenvalue weighted by molar-refractivity contribution is 6.29. The van der Waals surface area contributed by atoms with Gasteiger partial charge in [-0.25, -0.2) is 4.98 Å². The molecule has 1 rings (SSSR count). The molecule has 0 aliphatic rings. The number of halogens is 1. The largest absolute Gasteiger partial charge is 0.396 e. The summed E-state index contributed by atoms with van der Waals surface area (Å²) in [5.74, 6) is 0. The number of hydrogen-bond acceptors (Lipinski definition) is 3. The molecule has 3 nitrogen and oxygen atoms in total. The Hall–Kier alpha value is -0.670. The molecule has 0 aromatic carbocycles. The molecule has 0 aliphatic carbocycles. The highest BCUT2D eigenvalue weighted by atomic mass is 35.5. The van der Waals surface area contributed by atoms with Gasteiger partial charge in [0.2, 0.25) is 0 Å². The number of rotatable bonds is 3. The van der Waals surface area contributed by atoms with Crippen LogP contribution in [-0.2, 0) is 6.42 Å². The van der Waals surface area contributed by atoms with E-state index in [1.54, 1.807) is 6.20 Å². The molecule has 11 heavy (non-hydrogen) atoms. The quantitative estimate of drug-likeness (QED) is 0.742. The summed E-state index contributed by atoms with van der Waals surface area (Å²) in [5.41, 5.74) is 0.864. The van der Waals surface area contributed by atoms with Crippen LogP contribution in [-0.4, -0.2) is 21.7 Å². The minimum atomic E-state index is 0.185. The average molecular weight is 173 g/mol. The Morgan fingerprint density at radius 1 is 1.36 bits per heavy atom. The van der Waals surface area contributed by atoms with Crippen LogP contribution in [0.3, 0.4) is 0 Å². The smallest absolute Gasteiger partial charge is 0.147 e. The van der Waals surface area contributed by atoms with Crippen LogP contribution in [0.5, 0.6) is 0 Å². The molecule has 0 spiro atoms. The van der Waals surface area contributed by atoms with E-state index < -0.39 is 0 Å². The molecular formula is C7H9ClN2O. The zero-order chi connectivity index (χ0) is 8.10. The fraction of sp³-hybridized carbons (Fsp3) is 0.429. The van der Waals surface area contributed by atoms with Crippen LogP contribution in [0.1, 0.15) is 12.1 Å². The van der Waals surface area contributed by atoms with Crippen LogP contribution in [0.4, 0.5) is 0 Å². The van der Waals surface area contributed by atoms with Crippen molar-refractivity contribution in [3.05, 3.63) is 23.2 Å². The second-order valence-electron chi connectivity index (χ2n) is 2.16. The Labute approximate surface area is 70.1 Å². The number of aromatic nitrogens is 2. The maximum atomic E-state index is 8.51. The van der Waals surface area contributed by atoms with Crippen molar-refractivity contribution < 1.29 is 5.11 Å². The minimum Gasteiger partial charge on any atom is -0.396 e. The monoisotopic (exact) mass is 172 g/mol. The first kappa shape index (κ1) is 8.43. The van der Waals surface area contributed by atoms with Gasteiger partial charge in [-0.2, -0.15) is 0 Å². The molecule has 0 atom stereocenters. The molecule has 60 valence electrons. The van der Waals surface area contributed by atoms with Gasteiger partial charge in [-0.05, 0) is 12.8 Å². The van der Waals surface area contributed by atoms with Gasteiger partial charge in [0.1, 0.15) is 5.15 Å². The van der Waals surface area contributed by atoms with Gasteiger partial charge < -0.3 is 5.11 Å². The highest BCUT2D eigenvalue weighted by Crippen LogP contribution is 2.02. The number of aryl methyl sites for hydroxylation is 1. The fourth-order valence-electron chi connectivity index (χ4n) is 0.728. The van der Waals surface area contributed by atoms with Crippen LogP contribution in [0, 0.1) is 0 Å². The summed E-state index contributed by atoms with van der Waals surface area (Å²) < 4.78 is 0. The van der Waals surface area contributed by atoms with E-state index in [4.69, 9.17) is 16.7 Å². The Balaban J connectivity index is 2.52. The lowest BCUT2D eigenvalue weighted by Crippen LogP contribution is -1.93. The van der Waals surface area contributed by atoms with Gasteiger partial charge in [-0.15, -0.1) is 0 Å². The van der Waals surface area contributed by atoms with E-state index in [1.807, 2.05) is 0 Å². The molecule has 1 aromatic rings. The van der Waals surface area contributed by atoms with Crippen molar-refractivity contribution >= 4 is 11.6 Å². The first-order valence-corrected chi connectivity index (χ1v) is 3.78. The Morgan fingerprint density at radius 3 is 2.73 bits per heavy atom. The molecule has 1 N–H and O–H groups in total. The SMILES string of the molecule is OCCCc1cnc(Cl)cn1. The second-order valence-corrected chi connectivity index (χ2v) is 2.54. The molecule has 4 heteroatoms. The van der Waals surface area contributed by atoms with E-state index in [-0.39, 0.29) is 6.61 Å². The minimum absolute atomic E-state index is 0.185. The van der Waals surface area contributed by atoms with Gasteiger partial charge in [0.25, 0.3) is 0 Å². The highest BCUT2D eigenvalue weighted by Gasteiger charge is 1.94. The predicted molar refractivity (Wildman–Crippen MR) is 42.4 cm³/mol. The molecule has 0 saturated heterocycles. The van der Waals surface area contributed by atoms with E-state index in [1.165, 1.54) is 6.20 Å². The molecule has 1 heterocycles. The maximum Gasteiger partial charge on any atom is 0.147 e. The van der Waals surface area contributed by atoms with Crippen LogP contribution in [0.2, 0.25) is 5.15 Å². The second kappa shape index (κ2) is 4.26. The predicted octanol–water partition coefficient (Wildman–Crippen LogP) is 1.05. The van der Waals surface area contributed by atoms with E-state index in [2.05, 4.69) is 9.97 Å². The molecule has 0 bridgehead atoms. The van der Waals surface area contributed by atoms with E-state index in [9.17, 15) is 0 Å². The maximum absolute atomic E-state index is 8.51. The number of hydrogen-bond donors (Lipinski definition) is 1. The van der Waals surface area contributed by atoms with Crippen molar-refractivity contribution in [1.29, 1.82) is 0 Å². The summed E-state index contributed by atoms with van der Waals surface area (Å²) in [6.45, 7) is 0.185. The molecule has 0 fully saturated rings. The fourth-order valence-corrected chi connectivity index (χ4v) is 0.826. The number of aliphatic hydroxyl groups is 1. The van der Waals surface area contributed by atoms with E-state index in [0.29, 0.717) is 5.15 Å². The summed E-state index contributed by atoms with van der Waals surface area (Å²) in [5, 5.41) is 8.91. The van der Waals surface area contributed by atoms with Crippen LogP contribution >= 0.6 is 11.6 Å². The van der Waals surface area contributed by atoms with Gasteiger partial charge in [0.05, 0.1) is 18.1 Å². The van der Waals surface area contributed by atoms with Gasteiger partial charge in [-0.3, -0.25) is 4.98 Å². The zero-order valence-corrected chi connectivity index (χ0v) is 6.75. The molecule has 0 unspecified atom stereocenters. The third-order valence-electron chi connectivity index (χ3n) is 1.26. The van der Waals surface area contributed by atoms with Crippen molar-refractivity contribution in [1.82, 2.24) is 9.97 Å². The number of nitrogens with zero attached hydrogens (tertiary/aromatic N) is 2. The Bertz CT molecular complexity index is 212. The first-order valence-electron chi connectivity index (χ1n) is 3.40. The van der Waals surface area contributed by atoms with Crippen molar-refractivity contribution in [2.75, 3.05) is 6.61 Å². The molecule has 0 radical (unpaired) electrons. The molecule has 0 aliphatic heterocycles. The summed E-state index contributed by atoms with van der Waals surface area (Å²) >= 11 is 5.52. The van der Waals surface area contributed by atoms with Crippen molar-refractivity contribution in [3.63, 3.8) is 0 Å². The molecule has 0 saturated carbocycles. The standard InChI is InChI=1S/C7H9ClN2O/c8-7-5-9-6(4-10-7)2-1-3-11/h4-5,11H,1-3H2. The summed E-state index contributed by atoms with van der Waals surface area (Å²) in [7, 11) is 0. The van der Waals surface area contributed by atoms with E-state index >= 15 is 0 Å². The van der Waals surface area contributed by atoms with Gasteiger partial charge in [0.15, 0.2) is 0 Å². The van der Waals surface area contributed by atoms with E-state index in [0.717, 1.165) is 18.5 Å². The lowest BCUT2D eigenvalue weighted by molar-refractivity contribution is 0.288. The number of aliphatic hydroxyl groups excluding tert-OH is 1. The van der Waals surface area contributed by atoms with Gasteiger partial charge in [0, 0.05) is 6.61 Å². The third-order valence-corrected chi connectivity index (χ3v) is 1.46. The first-order chi connectivity index (χ1) is 5.33. The van der Waals surface area contributed by atoms with Crippen LogP contribution < -0.4 is 0 Å². The van der Waals surface area contributed by atoms with Crippen molar-refractivity contribution in [3.8, 4) is 0 Å². The normalized spacial score (nSPS) is 10.0. The molecule has 0 amide bonds. The average Bonchev–Trinajstić information content (AvgIpc) is 2.04.